The molecule has 0 bridgehead atoms. The van der Waals surface area contributed by atoms with Gasteiger partial charge in [0.15, 0.2) is 18.2 Å². The number of nitrogens with zero attached hydrogens (tertiary/aromatic N) is 3. The van der Waals surface area contributed by atoms with E-state index in [-0.39, 0.29) is 12.5 Å². The molecule has 0 fully saturated rings. The van der Waals surface area contributed by atoms with Gasteiger partial charge in [-0.05, 0) is 34.1 Å². The predicted octanol–water partition coefficient (Wildman–Crippen LogP) is 2.16. The van der Waals surface area contributed by atoms with Crippen molar-refractivity contribution >= 4 is 27.7 Å². The fourth-order valence-corrected chi connectivity index (χ4v) is 2.18. The third kappa shape index (κ3) is 2.44. The van der Waals surface area contributed by atoms with Gasteiger partial charge in [-0.25, -0.2) is 4.98 Å². The van der Waals surface area contributed by atoms with Crippen LogP contribution in [0, 0.1) is 0 Å². The van der Waals surface area contributed by atoms with Crippen molar-refractivity contribution in [2.75, 3.05) is 11.5 Å². The van der Waals surface area contributed by atoms with Gasteiger partial charge in [-0.3, -0.25) is 14.7 Å². The lowest BCUT2D eigenvalue weighted by Crippen LogP contribution is -2.39. The average molecular weight is 320 g/mol. The summed E-state index contributed by atoms with van der Waals surface area (Å²) in [6.45, 7) is 0.419. The van der Waals surface area contributed by atoms with Crippen molar-refractivity contribution in [2.24, 2.45) is 0 Å². The second-order valence-electron chi connectivity index (χ2n) is 4.06. The summed E-state index contributed by atoms with van der Waals surface area (Å²) in [6, 6.07) is 7.42. The molecule has 0 spiro atoms. The van der Waals surface area contributed by atoms with Crippen LogP contribution < -0.4 is 9.64 Å². The van der Waals surface area contributed by atoms with Crippen LogP contribution in [-0.4, -0.2) is 22.5 Å². The minimum Gasteiger partial charge on any atom is -0.480 e. The Balaban J connectivity index is 1.95. The fourth-order valence-electron chi connectivity index (χ4n) is 1.87. The van der Waals surface area contributed by atoms with E-state index in [1.807, 2.05) is 18.2 Å². The molecule has 3 heterocycles. The lowest BCUT2D eigenvalue weighted by Gasteiger charge is -2.27. The molecule has 0 saturated heterocycles. The van der Waals surface area contributed by atoms with Crippen LogP contribution in [0.3, 0.4) is 0 Å². The Labute approximate surface area is 118 Å². The Morgan fingerprint density at radius 2 is 2.26 bits per heavy atom. The number of hydrogen-bond donors (Lipinski definition) is 0. The van der Waals surface area contributed by atoms with Gasteiger partial charge in [0.1, 0.15) is 0 Å². The summed E-state index contributed by atoms with van der Waals surface area (Å²) in [4.78, 5) is 22.0. The number of halogens is 1. The number of carbonyl (C=O) groups is 1. The second-order valence-corrected chi connectivity index (χ2v) is 4.98. The van der Waals surface area contributed by atoms with Gasteiger partial charge in [0.25, 0.3) is 5.91 Å². The smallest absolute Gasteiger partial charge is 0.266 e. The molecule has 5 nitrogen and oxygen atoms in total. The van der Waals surface area contributed by atoms with E-state index in [9.17, 15) is 4.79 Å². The van der Waals surface area contributed by atoms with Crippen molar-refractivity contribution in [3.8, 4) is 5.75 Å². The number of anilines is 1. The number of carbonyl (C=O) groups excluding carboxylic acids is 1. The third-order valence-corrected chi connectivity index (χ3v) is 3.19. The molecule has 96 valence electrons. The molecule has 0 unspecified atom stereocenters. The van der Waals surface area contributed by atoms with E-state index >= 15 is 0 Å². The molecular weight excluding hydrogens is 310 g/mol. The Morgan fingerprint density at radius 1 is 1.37 bits per heavy atom. The minimum atomic E-state index is -0.118. The highest BCUT2D eigenvalue weighted by atomic mass is 79.9. The van der Waals surface area contributed by atoms with Crippen molar-refractivity contribution in [1.29, 1.82) is 0 Å². The second kappa shape index (κ2) is 4.97. The highest BCUT2D eigenvalue weighted by Crippen LogP contribution is 2.32. The SMILES string of the molecule is O=C1COc2cc(Br)cnc2N1Cc1ccccn1. The van der Waals surface area contributed by atoms with Crippen molar-refractivity contribution in [1.82, 2.24) is 9.97 Å². The first-order valence-corrected chi connectivity index (χ1v) is 6.52. The first-order valence-electron chi connectivity index (χ1n) is 5.72. The van der Waals surface area contributed by atoms with E-state index < -0.39 is 0 Å². The predicted molar refractivity (Wildman–Crippen MR) is 72.9 cm³/mol. The third-order valence-electron chi connectivity index (χ3n) is 2.75. The van der Waals surface area contributed by atoms with E-state index in [1.54, 1.807) is 23.4 Å². The Kier molecular flexibility index (Phi) is 3.16. The van der Waals surface area contributed by atoms with Crippen LogP contribution in [0.4, 0.5) is 5.82 Å². The standard InChI is InChI=1S/C13H10BrN3O2/c14-9-5-11-13(16-6-9)17(12(18)8-19-11)7-10-3-1-2-4-15-10/h1-6H,7-8H2. The maximum absolute atomic E-state index is 12.0. The van der Waals surface area contributed by atoms with Gasteiger partial charge in [-0.2, -0.15) is 0 Å². The fraction of sp³-hybridized carbons (Fsp3) is 0.154. The van der Waals surface area contributed by atoms with Crippen LogP contribution in [0.2, 0.25) is 0 Å². The molecule has 0 aromatic carbocycles. The molecule has 2 aromatic rings. The van der Waals surface area contributed by atoms with Gasteiger partial charge in [0, 0.05) is 16.9 Å². The molecule has 0 saturated carbocycles. The zero-order valence-corrected chi connectivity index (χ0v) is 11.5. The maximum Gasteiger partial charge on any atom is 0.266 e. The van der Waals surface area contributed by atoms with Crippen molar-refractivity contribution in [3.63, 3.8) is 0 Å². The molecule has 0 aliphatic carbocycles. The minimum absolute atomic E-state index is 0.0258. The van der Waals surface area contributed by atoms with Crippen LogP contribution >= 0.6 is 15.9 Å². The largest absolute Gasteiger partial charge is 0.480 e. The van der Waals surface area contributed by atoms with Crippen LogP contribution in [0.5, 0.6) is 5.75 Å². The molecule has 1 aliphatic rings. The summed E-state index contributed by atoms with van der Waals surface area (Å²) in [6.07, 6.45) is 3.35. The van der Waals surface area contributed by atoms with Crippen LogP contribution in [0.25, 0.3) is 0 Å². The van der Waals surface area contributed by atoms with Crippen LogP contribution in [-0.2, 0) is 11.3 Å². The highest BCUT2D eigenvalue weighted by Gasteiger charge is 2.27. The number of amides is 1. The van der Waals surface area contributed by atoms with E-state index in [0.717, 1.165) is 10.2 Å². The number of rotatable bonds is 2. The molecule has 19 heavy (non-hydrogen) atoms. The first-order chi connectivity index (χ1) is 9.24. The number of ether oxygens (including phenoxy) is 1. The molecule has 3 rings (SSSR count). The normalized spacial score (nSPS) is 13.9. The molecule has 0 atom stereocenters. The van der Waals surface area contributed by atoms with Crippen molar-refractivity contribution in [2.45, 2.75) is 6.54 Å². The number of hydrogen-bond acceptors (Lipinski definition) is 4. The van der Waals surface area contributed by atoms with Crippen molar-refractivity contribution in [3.05, 3.63) is 46.8 Å². The van der Waals surface area contributed by atoms with Gasteiger partial charge in [0.2, 0.25) is 0 Å². The molecule has 2 aromatic heterocycles. The summed E-state index contributed by atoms with van der Waals surface area (Å²) in [7, 11) is 0. The molecule has 6 heteroatoms. The number of fused-ring (bicyclic) bond motifs is 1. The summed E-state index contributed by atoms with van der Waals surface area (Å²) < 4.78 is 6.20. The van der Waals surface area contributed by atoms with Crippen LogP contribution in [0.1, 0.15) is 5.69 Å². The topological polar surface area (TPSA) is 55.3 Å². The van der Waals surface area contributed by atoms with Gasteiger partial charge in [-0.15, -0.1) is 0 Å². The molecule has 0 radical (unpaired) electrons. The number of aromatic nitrogens is 2. The summed E-state index contributed by atoms with van der Waals surface area (Å²) in [5, 5.41) is 0. The average Bonchev–Trinajstić information content (AvgIpc) is 2.43. The molecule has 1 amide bonds. The summed E-state index contributed by atoms with van der Waals surface area (Å²) in [5.41, 5.74) is 0.813. The van der Waals surface area contributed by atoms with Gasteiger partial charge in [0.05, 0.1) is 12.2 Å². The lowest BCUT2D eigenvalue weighted by atomic mass is 10.3. The zero-order chi connectivity index (χ0) is 13.2. The maximum atomic E-state index is 12.0. The lowest BCUT2D eigenvalue weighted by molar-refractivity contribution is -0.121. The molecule has 1 aliphatic heterocycles. The van der Waals surface area contributed by atoms with Gasteiger partial charge >= 0.3 is 0 Å². The van der Waals surface area contributed by atoms with E-state index in [1.165, 1.54) is 0 Å². The van der Waals surface area contributed by atoms with E-state index in [2.05, 4.69) is 25.9 Å². The highest BCUT2D eigenvalue weighted by molar-refractivity contribution is 9.10. The number of pyridine rings is 2. The van der Waals surface area contributed by atoms with Gasteiger partial charge < -0.3 is 4.74 Å². The van der Waals surface area contributed by atoms with E-state index in [0.29, 0.717) is 18.1 Å². The van der Waals surface area contributed by atoms with Gasteiger partial charge in [-0.1, -0.05) is 6.07 Å². The Bertz CT molecular complexity index is 619. The first kappa shape index (κ1) is 12.1. The summed E-state index contributed by atoms with van der Waals surface area (Å²) in [5.74, 6) is 1.02. The zero-order valence-electron chi connectivity index (χ0n) is 9.91. The quantitative estimate of drug-likeness (QED) is 0.851. The molecule has 0 N–H and O–H groups in total. The summed E-state index contributed by atoms with van der Waals surface area (Å²) >= 11 is 3.33. The van der Waals surface area contributed by atoms with E-state index in [4.69, 9.17) is 4.74 Å². The van der Waals surface area contributed by atoms with Crippen LogP contribution in [0.15, 0.2) is 41.1 Å². The van der Waals surface area contributed by atoms with Crippen molar-refractivity contribution < 1.29 is 9.53 Å². The Hall–Kier alpha value is -1.95. The Morgan fingerprint density at radius 3 is 3.05 bits per heavy atom. The molecular formula is C13H10BrN3O2. The monoisotopic (exact) mass is 319 g/mol.